The zero-order valence-electron chi connectivity index (χ0n) is 11.6. The molecular weight excluding hydrogens is 206 g/mol. The molecule has 1 fully saturated rings. The van der Waals surface area contributed by atoms with Crippen LogP contribution in [0.25, 0.3) is 0 Å². The van der Waals surface area contributed by atoms with Gasteiger partial charge < -0.3 is 5.32 Å². The fourth-order valence-electron chi connectivity index (χ4n) is 2.64. The molecule has 0 radical (unpaired) electrons. The molecule has 0 amide bonds. The first-order valence-corrected chi connectivity index (χ1v) is 6.69. The van der Waals surface area contributed by atoms with E-state index in [4.69, 9.17) is 0 Å². The second-order valence-electron chi connectivity index (χ2n) is 6.86. The van der Waals surface area contributed by atoms with Crippen LogP contribution in [0.5, 0.6) is 0 Å². The Bertz CT molecular complexity index is 364. The molecular formula is C16H25N. The van der Waals surface area contributed by atoms with E-state index in [-0.39, 0.29) is 5.41 Å². The number of rotatable bonds is 2. The highest BCUT2D eigenvalue weighted by atomic mass is 14.9. The molecule has 0 aromatic heterocycles. The van der Waals surface area contributed by atoms with Gasteiger partial charge >= 0.3 is 0 Å². The molecule has 1 nitrogen and oxygen atoms in total. The third-order valence-electron chi connectivity index (χ3n) is 3.91. The van der Waals surface area contributed by atoms with E-state index in [0.29, 0.717) is 5.41 Å². The Labute approximate surface area is 106 Å². The average molecular weight is 231 g/mol. The molecule has 0 saturated carbocycles. The van der Waals surface area contributed by atoms with Gasteiger partial charge in [0.15, 0.2) is 0 Å². The van der Waals surface area contributed by atoms with Crippen molar-refractivity contribution >= 4 is 0 Å². The summed E-state index contributed by atoms with van der Waals surface area (Å²) in [6, 6.07) is 9.20. The molecule has 1 unspecified atom stereocenters. The van der Waals surface area contributed by atoms with Crippen LogP contribution >= 0.6 is 0 Å². The molecule has 1 aliphatic rings. The van der Waals surface area contributed by atoms with E-state index in [2.05, 4.69) is 57.3 Å². The number of hydrogen-bond acceptors (Lipinski definition) is 1. The molecule has 1 heterocycles. The lowest BCUT2D eigenvalue weighted by atomic mass is 9.81. The summed E-state index contributed by atoms with van der Waals surface area (Å²) in [7, 11) is 0. The Balaban J connectivity index is 2.08. The SMILES string of the molecule is CC1(Cc2ccc(C(C)(C)C)cc2)CCNC1. The molecule has 94 valence electrons. The van der Waals surface area contributed by atoms with Crippen molar-refractivity contribution in [3.8, 4) is 0 Å². The van der Waals surface area contributed by atoms with E-state index in [1.807, 2.05) is 0 Å². The first-order chi connectivity index (χ1) is 7.89. The summed E-state index contributed by atoms with van der Waals surface area (Å²) in [4.78, 5) is 0. The van der Waals surface area contributed by atoms with Gasteiger partial charge in [-0.25, -0.2) is 0 Å². The minimum Gasteiger partial charge on any atom is -0.316 e. The highest BCUT2D eigenvalue weighted by Crippen LogP contribution is 2.30. The summed E-state index contributed by atoms with van der Waals surface area (Å²) in [5.74, 6) is 0. The molecule has 2 rings (SSSR count). The predicted octanol–water partition coefficient (Wildman–Crippen LogP) is 3.53. The molecule has 1 atom stereocenters. The lowest BCUT2D eigenvalue weighted by Gasteiger charge is -2.24. The predicted molar refractivity (Wildman–Crippen MR) is 74.4 cm³/mol. The molecule has 1 saturated heterocycles. The van der Waals surface area contributed by atoms with Crippen LogP contribution < -0.4 is 5.32 Å². The zero-order valence-corrected chi connectivity index (χ0v) is 11.6. The van der Waals surface area contributed by atoms with E-state index in [0.717, 1.165) is 6.54 Å². The lowest BCUT2D eigenvalue weighted by molar-refractivity contribution is 0.363. The standard InChI is InChI=1S/C16H25N/c1-15(2,3)14-7-5-13(6-8-14)11-16(4)9-10-17-12-16/h5-8,17H,9-12H2,1-4H3. The molecule has 1 heteroatoms. The van der Waals surface area contributed by atoms with Crippen LogP contribution in [0.1, 0.15) is 45.2 Å². The van der Waals surface area contributed by atoms with Gasteiger partial charge in [-0.1, -0.05) is 52.0 Å². The van der Waals surface area contributed by atoms with E-state index in [9.17, 15) is 0 Å². The van der Waals surface area contributed by atoms with Crippen LogP contribution in [-0.4, -0.2) is 13.1 Å². The van der Waals surface area contributed by atoms with Gasteiger partial charge in [0, 0.05) is 6.54 Å². The lowest BCUT2D eigenvalue weighted by Crippen LogP contribution is -2.22. The fraction of sp³-hybridized carbons (Fsp3) is 0.625. The quantitative estimate of drug-likeness (QED) is 0.821. The summed E-state index contributed by atoms with van der Waals surface area (Å²) < 4.78 is 0. The maximum absolute atomic E-state index is 3.47. The van der Waals surface area contributed by atoms with Crippen LogP contribution in [0.15, 0.2) is 24.3 Å². The minimum atomic E-state index is 0.261. The van der Waals surface area contributed by atoms with Crippen molar-refractivity contribution in [2.24, 2.45) is 5.41 Å². The second kappa shape index (κ2) is 4.45. The van der Waals surface area contributed by atoms with E-state index in [1.165, 1.54) is 30.5 Å². The van der Waals surface area contributed by atoms with Gasteiger partial charge in [0.25, 0.3) is 0 Å². The molecule has 0 spiro atoms. The highest BCUT2D eigenvalue weighted by molar-refractivity contribution is 5.28. The van der Waals surface area contributed by atoms with E-state index in [1.54, 1.807) is 0 Å². The Hall–Kier alpha value is -0.820. The van der Waals surface area contributed by atoms with Gasteiger partial charge in [0.05, 0.1) is 0 Å². The molecule has 0 aliphatic carbocycles. The van der Waals surface area contributed by atoms with Crippen molar-refractivity contribution in [2.75, 3.05) is 13.1 Å². The first-order valence-electron chi connectivity index (χ1n) is 6.69. The third kappa shape index (κ3) is 3.10. The van der Waals surface area contributed by atoms with Crippen LogP contribution in [0, 0.1) is 5.41 Å². The maximum Gasteiger partial charge on any atom is 0.000883 e. The monoisotopic (exact) mass is 231 g/mol. The molecule has 1 N–H and O–H groups in total. The van der Waals surface area contributed by atoms with Crippen LogP contribution in [0.2, 0.25) is 0 Å². The Morgan fingerprint density at radius 2 is 1.82 bits per heavy atom. The Morgan fingerprint density at radius 1 is 1.18 bits per heavy atom. The smallest absolute Gasteiger partial charge is 0.000883 e. The van der Waals surface area contributed by atoms with Gasteiger partial charge in [-0.3, -0.25) is 0 Å². The van der Waals surface area contributed by atoms with Crippen molar-refractivity contribution in [3.63, 3.8) is 0 Å². The van der Waals surface area contributed by atoms with Gasteiger partial charge in [-0.2, -0.15) is 0 Å². The largest absolute Gasteiger partial charge is 0.316 e. The van der Waals surface area contributed by atoms with Crippen molar-refractivity contribution in [1.82, 2.24) is 5.32 Å². The van der Waals surface area contributed by atoms with Gasteiger partial charge in [-0.15, -0.1) is 0 Å². The van der Waals surface area contributed by atoms with E-state index < -0.39 is 0 Å². The first kappa shape index (κ1) is 12.6. The molecule has 1 aromatic rings. The van der Waals surface area contributed by atoms with Gasteiger partial charge in [0.1, 0.15) is 0 Å². The van der Waals surface area contributed by atoms with Crippen molar-refractivity contribution < 1.29 is 0 Å². The van der Waals surface area contributed by atoms with Crippen molar-refractivity contribution in [1.29, 1.82) is 0 Å². The van der Waals surface area contributed by atoms with E-state index >= 15 is 0 Å². The molecule has 1 aromatic carbocycles. The molecule has 1 aliphatic heterocycles. The summed E-state index contributed by atoms with van der Waals surface area (Å²) in [5.41, 5.74) is 3.63. The number of hydrogen-bond donors (Lipinski definition) is 1. The summed E-state index contributed by atoms with van der Waals surface area (Å²) in [6.45, 7) is 11.5. The number of benzene rings is 1. The maximum atomic E-state index is 3.47. The van der Waals surface area contributed by atoms with Gasteiger partial charge in [0.2, 0.25) is 0 Å². The van der Waals surface area contributed by atoms with Crippen molar-refractivity contribution in [2.45, 2.75) is 46.0 Å². The molecule has 0 bridgehead atoms. The summed E-state index contributed by atoms with van der Waals surface area (Å²) in [6.07, 6.45) is 2.50. The fourth-order valence-corrected chi connectivity index (χ4v) is 2.64. The Kier molecular flexibility index (Phi) is 3.31. The topological polar surface area (TPSA) is 12.0 Å². The highest BCUT2D eigenvalue weighted by Gasteiger charge is 2.28. The van der Waals surface area contributed by atoms with Gasteiger partial charge in [-0.05, 0) is 41.3 Å². The number of nitrogens with one attached hydrogen (secondary N) is 1. The zero-order chi connectivity index (χ0) is 12.5. The normalized spacial score (nSPS) is 25.2. The summed E-state index contributed by atoms with van der Waals surface area (Å²) >= 11 is 0. The van der Waals surface area contributed by atoms with Crippen molar-refractivity contribution in [3.05, 3.63) is 35.4 Å². The van der Waals surface area contributed by atoms with Crippen LogP contribution in [0.4, 0.5) is 0 Å². The second-order valence-corrected chi connectivity index (χ2v) is 6.86. The Morgan fingerprint density at radius 3 is 2.29 bits per heavy atom. The molecule has 17 heavy (non-hydrogen) atoms. The summed E-state index contributed by atoms with van der Waals surface area (Å²) in [5, 5.41) is 3.47. The average Bonchev–Trinajstić information content (AvgIpc) is 2.64. The van der Waals surface area contributed by atoms with Crippen LogP contribution in [0.3, 0.4) is 0 Å². The van der Waals surface area contributed by atoms with Crippen LogP contribution in [-0.2, 0) is 11.8 Å². The third-order valence-corrected chi connectivity index (χ3v) is 3.91. The minimum absolute atomic E-state index is 0.261.